The summed E-state index contributed by atoms with van der Waals surface area (Å²) in [5, 5.41) is 18.5. The van der Waals surface area contributed by atoms with Crippen LogP contribution in [0.5, 0.6) is 5.75 Å². The molecule has 8 nitrogen and oxygen atoms in total. The first-order chi connectivity index (χ1) is 11.9. The molecule has 0 aliphatic rings. The standard InChI is InChI=1S/C17H19N5O3/c1-17(2,12-5-4-6-13(9-12)25-3)11-19-14-7-8-15-18-10-16(22(23)24)21(15)20-14/h4-10H,11H2,1-3H3,(H,19,20). The fourth-order valence-electron chi connectivity index (χ4n) is 2.54. The lowest BCUT2D eigenvalue weighted by molar-refractivity contribution is -0.391. The third kappa shape index (κ3) is 3.37. The molecule has 3 aromatic rings. The predicted molar refractivity (Wildman–Crippen MR) is 94.2 cm³/mol. The first-order valence-electron chi connectivity index (χ1n) is 7.78. The lowest BCUT2D eigenvalue weighted by atomic mass is 9.84. The van der Waals surface area contributed by atoms with Crippen LogP contribution in [-0.4, -0.2) is 33.2 Å². The average molecular weight is 341 g/mol. The molecule has 0 saturated heterocycles. The van der Waals surface area contributed by atoms with Crippen LogP contribution >= 0.6 is 0 Å². The molecular formula is C17H19N5O3. The molecule has 2 heterocycles. The smallest absolute Gasteiger partial charge is 0.368 e. The summed E-state index contributed by atoms with van der Waals surface area (Å²) in [6.45, 7) is 4.81. The number of rotatable bonds is 6. The summed E-state index contributed by atoms with van der Waals surface area (Å²) in [5.41, 5.74) is 1.37. The minimum absolute atomic E-state index is 0.161. The SMILES string of the molecule is COc1cccc(C(C)(C)CNc2ccc3ncc([N+](=O)[O-])n3n2)c1. The second-order valence-corrected chi connectivity index (χ2v) is 6.33. The molecule has 1 aromatic carbocycles. The van der Waals surface area contributed by atoms with Crippen molar-refractivity contribution >= 4 is 17.3 Å². The Bertz CT molecular complexity index is 920. The molecule has 0 atom stereocenters. The molecule has 0 bridgehead atoms. The zero-order chi connectivity index (χ0) is 18.0. The van der Waals surface area contributed by atoms with Crippen LogP contribution in [0.2, 0.25) is 0 Å². The fraction of sp³-hybridized carbons (Fsp3) is 0.294. The van der Waals surface area contributed by atoms with E-state index >= 15 is 0 Å². The molecular weight excluding hydrogens is 322 g/mol. The van der Waals surface area contributed by atoms with Gasteiger partial charge in [0.2, 0.25) is 5.65 Å². The zero-order valence-corrected chi connectivity index (χ0v) is 14.3. The minimum Gasteiger partial charge on any atom is -0.497 e. The highest BCUT2D eigenvalue weighted by atomic mass is 16.6. The quantitative estimate of drug-likeness (QED) is 0.547. The number of methoxy groups -OCH3 is 1. The van der Waals surface area contributed by atoms with Gasteiger partial charge in [0.15, 0.2) is 5.82 Å². The number of fused-ring (bicyclic) bond motifs is 1. The number of hydrogen-bond acceptors (Lipinski definition) is 6. The van der Waals surface area contributed by atoms with Crippen LogP contribution in [-0.2, 0) is 5.41 Å². The van der Waals surface area contributed by atoms with Crippen LogP contribution < -0.4 is 10.1 Å². The van der Waals surface area contributed by atoms with Crippen LogP contribution in [0.25, 0.3) is 5.65 Å². The van der Waals surface area contributed by atoms with Crippen molar-refractivity contribution in [1.29, 1.82) is 0 Å². The third-order valence-corrected chi connectivity index (χ3v) is 4.09. The van der Waals surface area contributed by atoms with Gasteiger partial charge in [-0.05, 0) is 28.7 Å². The number of nitrogens with one attached hydrogen (secondary N) is 1. The minimum atomic E-state index is -0.503. The van der Waals surface area contributed by atoms with Crippen LogP contribution in [0.3, 0.4) is 0 Å². The van der Waals surface area contributed by atoms with Crippen molar-refractivity contribution < 1.29 is 9.66 Å². The van der Waals surface area contributed by atoms with Crippen LogP contribution in [0.1, 0.15) is 19.4 Å². The first-order valence-corrected chi connectivity index (χ1v) is 7.78. The maximum Gasteiger partial charge on any atom is 0.368 e. The Morgan fingerprint density at radius 1 is 1.32 bits per heavy atom. The van der Waals surface area contributed by atoms with E-state index in [-0.39, 0.29) is 11.2 Å². The number of nitrogens with zero attached hydrogens (tertiary/aromatic N) is 4. The molecule has 0 aliphatic heterocycles. The highest BCUT2D eigenvalue weighted by molar-refractivity contribution is 5.48. The molecule has 8 heteroatoms. The maximum absolute atomic E-state index is 11.0. The van der Waals surface area contributed by atoms with E-state index < -0.39 is 4.92 Å². The molecule has 0 fully saturated rings. The summed E-state index contributed by atoms with van der Waals surface area (Å²) in [4.78, 5) is 14.5. The Kier molecular flexibility index (Phi) is 4.26. The van der Waals surface area contributed by atoms with Crippen molar-refractivity contribution in [2.24, 2.45) is 0 Å². The van der Waals surface area contributed by atoms with Gasteiger partial charge in [0, 0.05) is 18.0 Å². The molecule has 130 valence electrons. The van der Waals surface area contributed by atoms with Crippen LogP contribution in [0, 0.1) is 10.1 Å². The van der Waals surface area contributed by atoms with Crippen LogP contribution in [0.15, 0.2) is 42.6 Å². The monoisotopic (exact) mass is 341 g/mol. The van der Waals surface area contributed by atoms with Gasteiger partial charge >= 0.3 is 5.82 Å². The predicted octanol–water partition coefficient (Wildman–Crippen LogP) is 3.04. The van der Waals surface area contributed by atoms with Gasteiger partial charge < -0.3 is 20.2 Å². The summed E-state index contributed by atoms with van der Waals surface area (Å²) >= 11 is 0. The first kappa shape index (κ1) is 16.7. The summed E-state index contributed by atoms with van der Waals surface area (Å²) < 4.78 is 6.50. The van der Waals surface area contributed by atoms with Crippen molar-refractivity contribution in [3.63, 3.8) is 0 Å². The van der Waals surface area contributed by atoms with Crippen molar-refractivity contribution in [2.75, 3.05) is 19.0 Å². The number of anilines is 1. The van der Waals surface area contributed by atoms with Crippen molar-refractivity contribution in [3.8, 4) is 5.75 Å². The lowest BCUT2D eigenvalue weighted by Gasteiger charge is -2.26. The van der Waals surface area contributed by atoms with Crippen LogP contribution in [0.4, 0.5) is 11.6 Å². The van der Waals surface area contributed by atoms with Gasteiger partial charge in [-0.25, -0.2) is 4.98 Å². The molecule has 3 rings (SSSR count). The third-order valence-electron chi connectivity index (χ3n) is 4.09. The molecule has 25 heavy (non-hydrogen) atoms. The van der Waals surface area contributed by atoms with Gasteiger partial charge in [-0.1, -0.05) is 35.6 Å². The number of nitro groups is 1. The Morgan fingerprint density at radius 3 is 2.84 bits per heavy atom. The van der Waals surface area contributed by atoms with Gasteiger partial charge in [0.25, 0.3) is 0 Å². The normalized spacial score (nSPS) is 11.5. The lowest BCUT2D eigenvalue weighted by Crippen LogP contribution is -2.28. The van der Waals surface area contributed by atoms with E-state index in [2.05, 4.69) is 29.2 Å². The van der Waals surface area contributed by atoms with E-state index in [1.54, 1.807) is 19.2 Å². The molecule has 0 saturated carbocycles. The molecule has 2 aromatic heterocycles. The van der Waals surface area contributed by atoms with E-state index in [1.807, 2.05) is 24.3 Å². The molecule has 0 spiro atoms. The van der Waals surface area contributed by atoms with E-state index in [4.69, 9.17) is 4.74 Å². The number of imidazole rings is 1. The van der Waals surface area contributed by atoms with Gasteiger partial charge in [-0.3, -0.25) is 0 Å². The van der Waals surface area contributed by atoms with Gasteiger partial charge in [-0.15, -0.1) is 0 Å². The highest BCUT2D eigenvalue weighted by Gasteiger charge is 2.22. The summed E-state index contributed by atoms with van der Waals surface area (Å²) in [7, 11) is 1.64. The number of hydrogen-bond donors (Lipinski definition) is 1. The van der Waals surface area contributed by atoms with E-state index in [0.717, 1.165) is 11.3 Å². The van der Waals surface area contributed by atoms with Gasteiger partial charge in [0.1, 0.15) is 11.9 Å². The van der Waals surface area contributed by atoms with Crippen molar-refractivity contribution in [3.05, 3.63) is 58.3 Å². The van der Waals surface area contributed by atoms with Crippen molar-refractivity contribution in [2.45, 2.75) is 19.3 Å². The Labute approximate surface area is 144 Å². The molecule has 0 aliphatic carbocycles. The van der Waals surface area contributed by atoms with Crippen molar-refractivity contribution in [1.82, 2.24) is 14.6 Å². The average Bonchev–Trinajstić information content (AvgIpc) is 3.03. The molecule has 1 N–H and O–H groups in total. The molecule has 0 radical (unpaired) electrons. The highest BCUT2D eigenvalue weighted by Crippen LogP contribution is 2.27. The number of aromatic nitrogens is 3. The second kappa shape index (κ2) is 6.39. The second-order valence-electron chi connectivity index (χ2n) is 6.33. The van der Waals surface area contributed by atoms with Gasteiger partial charge in [0.05, 0.1) is 7.11 Å². The summed E-state index contributed by atoms with van der Waals surface area (Å²) in [5.74, 6) is 1.19. The largest absolute Gasteiger partial charge is 0.497 e. The van der Waals surface area contributed by atoms with E-state index in [0.29, 0.717) is 18.0 Å². The Balaban J connectivity index is 1.81. The summed E-state index contributed by atoms with van der Waals surface area (Å²) in [6.07, 6.45) is 1.20. The van der Waals surface area contributed by atoms with E-state index in [9.17, 15) is 10.1 Å². The fourth-order valence-corrected chi connectivity index (χ4v) is 2.54. The maximum atomic E-state index is 11.0. The Hall–Kier alpha value is -3.16. The summed E-state index contributed by atoms with van der Waals surface area (Å²) in [6, 6.07) is 11.4. The molecule has 0 amide bonds. The molecule has 0 unspecified atom stereocenters. The topological polar surface area (TPSA) is 94.6 Å². The van der Waals surface area contributed by atoms with Gasteiger partial charge in [-0.2, -0.15) is 0 Å². The number of benzene rings is 1. The zero-order valence-electron chi connectivity index (χ0n) is 14.3. The van der Waals surface area contributed by atoms with E-state index in [1.165, 1.54) is 10.7 Å². The Morgan fingerprint density at radius 2 is 2.12 bits per heavy atom. The number of ether oxygens (including phenoxy) is 1.